The van der Waals surface area contributed by atoms with Gasteiger partial charge in [-0.25, -0.2) is 0 Å². The molecule has 1 aromatic rings. The second-order valence-electron chi connectivity index (χ2n) is 5.86. The van der Waals surface area contributed by atoms with E-state index in [1.807, 2.05) is 6.92 Å². The normalized spacial score (nSPS) is 22.4. The highest BCUT2D eigenvalue weighted by Crippen LogP contribution is 2.30. The number of carbonyl (C=O) groups is 2. The van der Waals surface area contributed by atoms with Crippen LogP contribution in [-0.2, 0) is 14.3 Å². The number of anilines is 1. The van der Waals surface area contributed by atoms with Crippen LogP contribution >= 0.6 is 11.3 Å². The largest absolute Gasteiger partial charge is 0.462 e. The molecule has 0 unspecified atom stereocenters. The van der Waals surface area contributed by atoms with E-state index in [0.717, 1.165) is 25.7 Å². The van der Waals surface area contributed by atoms with E-state index in [1.165, 1.54) is 17.8 Å². The lowest BCUT2D eigenvalue weighted by molar-refractivity contribution is -0.144. The topological polar surface area (TPSA) is 81.2 Å². The van der Waals surface area contributed by atoms with Crippen molar-refractivity contribution in [2.24, 2.45) is 11.8 Å². The van der Waals surface area contributed by atoms with E-state index >= 15 is 0 Å². The van der Waals surface area contributed by atoms with Gasteiger partial charge in [0.2, 0.25) is 11.0 Å². The second-order valence-corrected chi connectivity index (χ2v) is 6.69. The van der Waals surface area contributed by atoms with E-state index in [9.17, 15) is 9.59 Å². The molecule has 2 rings (SSSR count). The molecule has 1 saturated heterocycles. The van der Waals surface area contributed by atoms with Gasteiger partial charge in [-0.2, -0.15) is 0 Å². The van der Waals surface area contributed by atoms with E-state index in [4.69, 9.17) is 4.74 Å². The number of nitrogens with zero attached hydrogens (tertiary/aromatic N) is 2. The van der Waals surface area contributed by atoms with Crippen LogP contribution in [0.2, 0.25) is 0 Å². The summed E-state index contributed by atoms with van der Waals surface area (Å²) in [6.45, 7) is 3.98. The SMILES string of the molecule is CCCCC[C@H]1C[C@H](C[C@@H](C)C(=O)Nc2nncs2)C(=O)O1. The molecule has 2 heterocycles. The van der Waals surface area contributed by atoms with Crippen molar-refractivity contribution in [2.75, 3.05) is 5.32 Å². The molecule has 122 valence electrons. The average Bonchev–Trinajstić information content (AvgIpc) is 3.10. The maximum atomic E-state index is 12.1. The fraction of sp³-hybridized carbons (Fsp3) is 0.733. The first-order valence-electron chi connectivity index (χ1n) is 7.87. The number of unbranched alkanes of at least 4 members (excludes halogenated alkanes) is 2. The van der Waals surface area contributed by atoms with Crippen molar-refractivity contribution < 1.29 is 14.3 Å². The Morgan fingerprint density at radius 1 is 1.55 bits per heavy atom. The van der Waals surface area contributed by atoms with Gasteiger partial charge in [-0.1, -0.05) is 38.0 Å². The quantitative estimate of drug-likeness (QED) is 0.587. The van der Waals surface area contributed by atoms with Crippen LogP contribution in [-0.4, -0.2) is 28.2 Å². The van der Waals surface area contributed by atoms with Crippen LogP contribution in [0.3, 0.4) is 0 Å². The molecule has 3 atom stereocenters. The number of esters is 1. The molecule has 0 aromatic carbocycles. The number of nitrogens with one attached hydrogen (secondary N) is 1. The summed E-state index contributed by atoms with van der Waals surface area (Å²) in [5.74, 6) is -0.700. The van der Waals surface area contributed by atoms with Gasteiger partial charge < -0.3 is 10.1 Å². The Balaban J connectivity index is 1.77. The lowest BCUT2D eigenvalue weighted by atomic mass is 9.91. The van der Waals surface area contributed by atoms with E-state index in [-0.39, 0.29) is 29.8 Å². The maximum absolute atomic E-state index is 12.1. The van der Waals surface area contributed by atoms with Crippen molar-refractivity contribution in [1.82, 2.24) is 10.2 Å². The molecular formula is C15H23N3O3S. The maximum Gasteiger partial charge on any atom is 0.309 e. The fourth-order valence-electron chi connectivity index (χ4n) is 2.70. The van der Waals surface area contributed by atoms with Gasteiger partial charge >= 0.3 is 5.97 Å². The smallest absolute Gasteiger partial charge is 0.309 e. The third kappa shape index (κ3) is 4.76. The first-order valence-corrected chi connectivity index (χ1v) is 8.75. The predicted molar refractivity (Wildman–Crippen MR) is 84.4 cm³/mol. The van der Waals surface area contributed by atoms with Crippen molar-refractivity contribution in [3.05, 3.63) is 5.51 Å². The van der Waals surface area contributed by atoms with Gasteiger partial charge in [0.15, 0.2) is 0 Å². The van der Waals surface area contributed by atoms with Crippen molar-refractivity contribution in [1.29, 1.82) is 0 Å². The number of ether oxygens (including phenoxy) is 1. The standard InChI is InChI=1S/C15H23N3O3S/c1-3-4-5-6-12-8-11(14(20)21-12)7-10(2)13(19)17-15-18-16-9-22-15/h9-12H,3-8H2,1-2H3,(H,17,18,19)/t10-,11+,12+/m1/s1. The van der Waals surface area contributed by atoms with E-state index in [1.54, 1.807) is 5.51 Å². The molecule has 1 fully saturated rings. The Morgan fingerprint density at radius 3 is 3.05 bits per heavy atom. The van der Waals surface area contributed by atoms with Crippen LogP contribution in [0.25, 0.3) is 0 Å². The molecule has 22 heavy (non-hydrogen) atoms. The summed E-state index contributed by atoms with van der Waals surface area (Å²) in [7, 11) is 0. The average molecular weight is 325 g/mol. The minimum Gasteiger partial charge on any atom is -0.462 e. The zero-order valence-electron chi connectivity index (χ0n) is 13.1. The van der Waals surface area contributed by atoms with E-state index < -0.39 is 0 Å². The van der Waals surface area contributed by atoms with Crippen molar-refractivity contribution in [2.45, 2.75) is 58.5 Å². The van der Waals surface area contributed by atoms with Crippen molar-refractivity contribution in [3.8, 4) is 0 Å². The molecule has 1 aliphatic heterocycles. The van der Waals surface area contributed by atoms with Gasteiger partial charge in [0.1, 0.15) is 11.6 Å². The molecule has 0 radical (unpaired) electrons. The highest BCUT2D eigenvalue weighted by atomic mass is 32.1. The Bertz CT molecular complexity index is 492. The lowest BCUT2D eigenvalue weighted by Gasteiger charge is -2.12. The van der Waals surface area contributed by atoms with Gasteiger partial charge in [0.25, 0.3) is 0 Å². The molecule has 0 aliphatic carbocycles. The van der Waals surface area contributed by atoms with Crippen LogP contribution < -0.4 is 5.32 Å². The third-order valence-corrected chi connectivity index (χ3v) is 4.58. The molecular weight excluding hydrogens is 302 g/mol. The highest BCUT2D eigenvalue weighted by molar-refractivity contribution is 7.13. The van der Waals surface area contributed by atoms with Crippen LogP contribution in [0.1, 0.15) is 52.4 Å². The molecule has 1 N–H and O–H groups in total. The van der Waals surface area contributed by atoms with Gasteiger partial charge in [0, 0.05) is 5.92 Å². The van der Waals surface area contributed by atoms with Gasteiger partial charge in [0.05, 0.1) is 5.92 Å². The molecule has 7 heteroatoms. The van der Waals surface area contributed by atoms with Gasteiger partial charge in [-0.15, -0.1) is 10.2 Å². The molecule has 6 nitrogen and oxygen atoms in total. The summed E-state index contributed by atoms with van der Waals surface area (Å²) < 4.78 is 5.42. The lowest BCUT2D eigenvalue weighted by Crippen LogP contribution is -2.24. The fourth-order valence-corrected chi connectivity index (χ4v) is 3.15. The van der Waals surface area contributed by atoms with Crippen LogP contribution in [0.5, 0.6) is 0 Å². The molecule has 0 bridgehead atoms. The van der Waals surface area contributed by atoms with Gasteiger partial charge in [-0.05, 0) is 25.7 Å². The molecule has 0 spiro atoms. The third-order valence-electron chi connectivity index (χ3n) is 3.97. The summed E-state index contributed by atoms with van der Waals surface area (Å²) in [6, 6.07) is 0. The minimum atomic E-state index is -0.254. The zero-order valence-corrected chi connectivity index (χ0v) is 13.9. The number of hydrogen-bond acceptors (Lipinski definition) is 6. The Morgan fingerprint density at radius 2 is 2.36 bits per heavy atom. The number of cyclic esters (lactones) is 1. The second kappa shape index (κ2) is 8.22. The Kier molecular flexibility index (Phi) is 6.30. The first-order chi connectivity index (χ1) is 10.6. The Labute approximate surface area is 134 Å². The minimum absolute atomic E-state index is 0.0301. The molecule has 1 amide bonds. The monoisotopic (exact) mass is 325 g/mol. The highest BCUT2D eigenvalue weighted by Gasteiger charge is 2.35. The van der Waals surface area contributed by atoms with Crippen LogP contribution in [0.15, 0.2) is 5.51 Å². The summed E-state index contributed by atoms with van der Waals surface area (Å²) in [4.78, 5) is 24.0. The predicted octanol–water partition coefficient (Wildman–Crippen LogP) is 3.01. The summed E-state index contributed by atoms with van der Waals surface area (Å²) in [6.07, 6.45) is 5.64. The number of hydrogen-bond donors (Lipinski definition) is 1. The molecule has 1 aliphatic rings. The summed E-state index contributed by atoms with van der Waals surface area (Å²) >= 11 is 1.28. The van der Waals surface area contributed by atoms with Crippen molar-refractivity contribution >= 4 is 28.3 Å². The van der Waals surface area contributed by atoms with E-state index in [2.05, 4.69) is 22.4 Å². The van der Waals surface area contributed by atoms with Crippen LogP contribution in [0, 0.1) is 11.8 Å². The number of aromatic nitrogens is 2. The zero-order chi connectivity index (χ0) is 15.9. The molecule has 0 saturated carbocycles. The number of carbonyl (C=O) groups excluding carboxylic acids is 2. The van der Waals surface area contributed by atoms with Crippen LogP contribution in [0.4, 0.5) is 5.13 Å². The summed E-state index contributed by atoms with van der Waals surface area (Å²) in [5, 5.41) is 10.7. The summed E-state index contributed by atoms with van der Waals surface area (Å²) in [5.41, 5.74) is 1.56. The number of amides is 1. The Hall–Kier alpha value is -1.50. The van der Waals surface area contributed by atoms with E-state index in [0.29, 0.717) is 11.6 Å². The van der Waals surface area contributed by atoms with Gasteiger partial charge in [-0.3, -0.25) is 9.59 Å². The number of rotatable bonds is 8. The first kappa shape index (κ1) is 16.9. The molecule has 1 aromatic heterocycles. The van der Waals surface area contributed by atoms with Crippen molar-refractivity contribution in [3.63, 3.8) is 0 Å².